The lowest BCUT2D eigenvalue weighted by Gasteiger charge is -2.11. The molecule has 3 N–H and O–H groups in total. The molecule has 0 aliphatic carbocycles. The van der Waals surface area contributed by atoms with Crippen LogP contribution in [0.15, 0.2) is 46.9 Å². The lowest BCUT2D eigenvalue weighted by atomic mass is 10.3. The van der Waals surface area contributed by atoms with Crippen molar-refractivity contribution in [2.75, 3.05) is 30.4 Å². The Hall–Kier alpha value is -2.74. The molecule has 1 aliphatic heterocycles. The van der Waals surface area contributed by atoms with Gasteiger partial charge in [-0.25, -0.2) is 4.79 Å². The second kappa shape index (κ2) is 8.57. The zero-order valence-corrected chi connectivity index (χ0v) is 15.5. The van der Waals surface area contributed by atoms with E-state index in [-0.39, 0.29) is 6.54 Å². The Morgan fingerprint density at radius 2 is 1.65 bits per heavy atom. The second-order valence-corrected chi connectivity index (χ2v) is 6.49. The molecule has 0 unspecified atom stereocenters. The molecule has 3 rings (SSSR count). The number of hydrogen-bond donors (Lipinski definition) is 3. The molecule has 0 spiro atoms. The molecule has 0 atom stereocenters. The number of carbonyl (C=O) groups excluding carboxylic acids is 2. The molecule has 0 saturated carbocycles. The number of fused-ring (bicyclic) bond motifs is 1. The van der Waals surface area contributed by atoms with Gasteiger partial charge in [-0.2, -0.15) is 0 Å². The summed E-state index contributed by atoms with van der Waals surface area (Å²) >= 11 is 3.34. The SMILES string of the molecule is O=C(CNc1ccc(Br)cc1)NC(=O)Nc1ccc2c(c1)OCCCO2. The highest BCUT2D eigenvalue weighted by Gasteiger charge is 2.13. The van der Waals surface area contributed by atoms with Crippen LogP contribution in [0.4, 0.5) is 16.2 Å². The molecular weight excluding hydrogens is 402 g/mol. The molecule has 2 aromatic rings. The van der Waals surface area contributed by atoms with Gasteiger partial charge in [0.05, 0.1) is 19.8 Å². The van der Waals surface area contributed by atoms with Gasteiger partial charge in [-0.1, -0.05) is 15.9 Å². The predicted molar refractivity (Wildman–Crippen MR) is 102 cm³/mol. The highest BCUT2D eigenvalue weighted by molar-refractivity contribution is 9.10. The normalized spacial score (nSPS) is 12.7. The number of ether oxygens (including phenoxy) is 2. The first-order valence-corrected chi connectivity index (χ1v) is 8.89. The summed E-state index contributed by atoms with van der Waals surface area (Å²) in [6.45, 7) is 1.14. The Balaban J connectivity index is 1.49. The molecular formula is C18H18BrN3O4. The van der Waals surface area contributed by atoms with Crippen molar-refractivity contribution < 1.29 is 19.1 Å². The minimum atomic E-state index is -0.609. The van der Waals surface area contributed by atoms with Gasteiger partial charge in [-0.3, -0.25) is 10.1 Å². The fourth-order valence-electron chi connectivity index (χ4n) is 2.32. The van der Waals surface area contributed by atoms with Crippen LogP contribution in [0.2, 0.25) is 0 Å². The van der Waals surface area contributed by atoms with E-state index in [4.69, 9.17) is 9.47 Å². The number of hydrogen-bond acceptors (Lipinski definition) is 5. The van der Waals surface area contributed by atoms with Gasteiger partial charge in [0, 0.05) is 28.3 Å². The van der Waals surface area contributed by atoms with E-state index in [1.54, 1.807) is 18.2 Å². The maximum absolute atomic E-state index is 12.0. The Bertz CT molecular complexity index is 796. The van der Waals surface area contributed by atoms with Gasteiger partial charge in [-0.15, -0.1) is 0 Å². The maximum Gasteiger partial charge on any atom is 0.325 e. The Labute approximate surface area is 159 Å². The van der Waals surface area contributed by atoms with Crippen LogP contribution in [0, 0.1) is 0 Å². The summed E-state index contributed by atoms with van der Waals surface area (Å²) in [5.41, 5.74) is 1.30. The van der Waals surface area contributed by atoms with Crippen LogP contribution in [0.25, 0.3) is 0 Å². The van der Waals surface area contributed by atoms with Crippen molar-refractivity contribution in [2.24, 2.45) is 0 Å². The van der Waals surface area contributed by atoms with E-state index in [0.717, 1.165) is 16.6 Å². The summed E-state index contributed by atoms with van der Waals surface area (Å²) in [4.78, 5) is 23.8. The van der Waals surface area contributed by atoms with Crippen molar-refractivity contribution in [3.05, 3.63) is 46.9 Å². The first-order valence-electron chi connectivity index (χ1n) is 8.10. The fraction of sp³-hybridized carbons (Fsp3) is 0.222. The molecule has 0 fully saturated rings. The molecule has 7 nitrogen and oxygen atoms in total. The van der Waals surface area contributed by atoms with Gasteiger partial charge >= 0.3 is 6.03 Å². The van der Waals surface area contributed by atoms with Gasteiger partial charge < -0.3 is 20.1 Å². The molecule has 0 saturated heterocycles. The summed E-state index contributed by atoms with van der Waals surface area (Å²) in [5, 5.41) is 7.82. The summed E-state index contributed by atoms with van der Waals surface area (Å²) in [6.07, 6.45) is 0.803. The number of halogens is 1. The molecule has 136 valence electrons. The van der Waals surface area contributed by atoms with E-state index in [2.05, 4.69) is 31.9 Å². The average molecular weight is 420 g/mol. The largest absolute Gasteiger partial charge is 0.490 e. The molecule has 8 heteroatoms. The maximum atomic E-state index is 12.0. The van der Waals surface area contributed by atoms with Crippen molar-refractivity contribution in [3.8, 4) is 11.5 Å². The van der Waals surface area contributed by atoms with E-state index in [9.17, 15) is 9.59 Å². The second-order valence-electron chi connectivity index (χ2n) is 5.57. The topological polar surface area (TPSA) is 88.7 Å². The van der Waals surface area contributed by atoms with Crippen molar-refractivity contribution in [1.29, 1.82) is 0 Å². The Morgan fingerprint density at radius 3 is 2.42 bits per heavy atom. The number of benzene rings is 2. The molecule has 0 radical (unpaired) electrons. The number of urea groups is 1. The third kappa shape index (κ3) is 5.13. The average Bonchev–Trinajstić information content (AvgIpc) is 2.86. The molecule has 26 heavy (non-hydrogen) atoms. The number of amides is 3. The van der Waals surface area contributed by atoms with Crippen LogP contribution in [-0.2, 0) is 4.79 Å². The Morgan fingerprint density at radius 1 is 0.962 bits per heavy atom. The molecule has 0 bridgehead atoms. The summed E-state index contributed by atoms with van der Waals surface area (Å²) in [6, 6.07) is 11.9. The van der Waals surface area contributed by atoms with Crippen molar-refractivity contribution in [1.82, 2.24) is 5.32 Å². The molecule has 2 aromatic carbocycles. The van der Waals surface area contributed by atoms with Crippen LogP contribution in [0.1, 0.15) is 6.42 Å². The van der Waals surface area contributed by atoms with Crippen molar-refractivity contribution in [3.63, 3.8) is 0 Å². The first kappa shape index (κ1) is 18.1. The van der Waals surface area contributed by atoms with Gasteiger partial charge in [0.2, 0.25) is 5.91 Å². The Kier molecular flexibility index (Phi) is 5.96. The number of nitrogens with one attached hydrogen (secondary N) is 3. The lowest BCUT2D eigenvalue weighted by Crippen LogP contribution is -2.37. The molecule has 1 aliphatic rings. The summed E-state index contributed by atoms with van der Waals surface area (Å²) in [5.74, 6) is 0.770. The van der Waals surface area contributed by atoms with Crippen LogP contribution in [0.5, 0.6) is 11.5 Å². The minimum absolute atomic E-state index is 0.0177. The standard InChI is InChI=1S/C18H18BrN3O4/c19-12-2-4-13(5-3-12)20-11-17(23)22-18(24)21-14-6-7-15-16(10-14)26-9-1-8-25-15/h2-7,10,20H,1,8-9,11H2,(H2,21,22,23,24). The quantitative estimate of drug-likeness (QED) is 0.706. The molecule has 3 amide bonds. The molecule has 1 heterocycles. The highest BCUT2D eigenvalue weighted by atomic mass is 79.9. The van der Waals surface area contributed by atoms with Crippen LogP contribution in [0.3, 0.4) is 0 Å². The van der Waals surface area contributed by atoms with Gasteiger partial charge in [0.25, 0.3) is 0 Å². The monoisotopic (exact) mass is 419 g/mol. The third-order valence-corrected chi connectivity index (χ3v) is 4.08. The van der Waals surface area contributed by atoms with E-state index in [1.807, 2.05) is 24.3 Å². The summed E-state index contributed by atoms with van der Waals surface area (Å²) in [7, 11) is 0. The van der Waals surface area contributed by atoms with E-state index >= 15 is 0 Å². The van der Waals surface area contributed by atoms with Gasteiger partial charge in [0.15, 0.2) is 11.5 Å². The van der Waals surface area contributed by atoms with Crippen molar-refractivity contribution >= 4 is 39.2 Å². The minimum Gasteiger partial charge on any atom is -0.490 e. The predicted octanol–water partition coefficient (Wildman–Crippen LogP) is 3.37. The number of rotatable bonds is 4. The number of imide groups is 1. The number of carbonyl (C=O) groups is 2. The summed E-state index contributed by atoms with van der Waals surface area (Å²) < 4.78 is 12.1. The lowest BCUT2D eigenvalue weighted by molar-refractivity contribution is -0.118. The first-order chi connectivity index (χ1) is 12.6. The van der Waals surface area contributed by atoms with E-state index in [1.165, 1.54) is 0 Å². The van der Waals surface area contributed by atoms with Crippen LogP contribution in [-0.4, -0.2) is 31.7 Å². The van der Waals surface area contributed by atoms with Crippen LogP contribution < -0.4 is 25.4 Å². The number of anilines is 2. The molecule has 0 aromatic heterocycles. The zero-order valence-electron chi connectivity index (χ0n) is 13.9. The third-order valence-electron chi connectivity index (χ3n) is 3.56. The van der Waals surface area contributed by atoms with E-state index < -0.39 is 11.9 Å². The van der Waals surface area contributed by atoms with Gasteiger partial charge in [-0.05, 0) is 36.4 Å². The van der Waals surface area contributed by atoms with E-state index in [0.29, 0.717) is 30.4 Å². The highest BCUT2D eigenvalue weighted by Crippen LogP contribution is 2.32. The van der Waals surface area contributed by atoms with Crippen molar-refractivity contribution in [2.45, 2.75) is 6.42 Å². The van der Waals surface area contributed by atoms with Gasteiger partial charge in [0.1, 0.15) is 0 Å². The fourth-order valence-corrected chi connectivity index (χ4v) is 2.59. The smallest absolute Gasteiger partial charge is 0.325 e. The van der Waals surface area contributed by atoms with Crippen LogP contribution >= 0.6 is 15.9 Å². The zero-order chi connectivity index (χ0) is 18.4.